The van der Waals surface area contributed by atoms with Gasteiger partial charge in [0.25, 0.3) is 0 Å². The van der Waals surface area contributed by atoms with Crippen LogP contribution in [0.25, 0.3) is 0 Å². The maximum atomic E-state index is 12.7. The molecular formula is C16H25ClF2N2O2. The first kappa shape index (κ1) is 19.9. The number of halogens is 3. The molecule has 1 fully saturated rings. The fourth-order valence-electron chi connectivity index (χ4n) is 2.93. The van der Waals surface area contributed by atoms with E-state index in [1.807, 2.05) is 0 Å². The minimum absolute atomic E-state index is 0. The van der Waals surface area contributed by atoms with Gasteiger partial charge in [0.2, 0.25) is 0 Å². The van der Waals surface area contributed by atoms with Crippen molar-refractivity contribution in [2.75, 3.05) is 20.2 Å². The number of nitrogens with two attached hydrogens (primary N) is 1. The van der Waals surface area contributed by atoms with Gasteiger partial charge in [0, 0.05) is 31.2 Å². The van der Waals surface area contributed by atoms with E-state index in [-0.39, 0.29) is 29.6 Å². The third kappa shape index (κ3) is 4.93. The number of ether oxygens (including phenoxy) is 2. The number of alkyl halides is 2. The largest absolute Gasteiger partial charge is 0.493 e. The molecule has 0 spiro atoms. The summed E-state index contributed by atoms with van der Waals surface area (Å²) in [5, 5.41) is 0. The van der Waals surface area contributed by atoms with Crippen molar-refractivity contribution in [3.05, 3.63) is 23.8 Å². The number of rotatable bonds is 5. The fraction of sp³-hybridized carbons (Fsp3) is 0.625. The molecule has 0 bridgehead atoms. The maximum absolute atomic E-state index is 12.7. The van der Waals surface area contributed by atoms with Crippen LogP contribution in [0.1, 0.15) is 25.8 Å². The van der Waals surface area contributed by atoms with Crippen molar-refractivity contribution in [2.45, 2.75) is 39.5 Å². The summed E-state index contributed by atoms with van der Waals surface area (Å²) in [6.45, 7) is 3.59. The first-order valence-corrected chi connectivity index (χ1v) is 7.42. The Morgan fingerprint density at radius 1 is 1.39 bits per heavy atom. The molecule has 2 rings (SSSR count). The van der Waals surface area contributed by atoms with Crippen LogP contribution in [0, 0.1) is 5.41 Å². The zero-order valence-corrected chi connectivity index (χ0v) is 14.5. The van der Waals surface area contributed by atoms with Crippen molar-refractivity contribution < 1.29 is 18.3 Å². The van der Waals surface area contributed by atoms with Crippen molar-refractivity contribution in [3.63, 3.8) is 0 Å². The van der Waals surface area contributed by atoms with Crippen LogP contribution < -0.4 is 15.2 Å². The lowest BCUT2D eigenvalue weighted by Gasteiger charge is -2.42. The van der Waals surface area contributed by atoms with E-state index in [4.69, 9.17) is 10.5 Å². The van der Waals surface area contributed by atoms with Crippen LogP contribution in [0.15, 0.2) is 18.2 Å². The SMILES string of the molecule is COc1cccc(CN2CCC(N)C(C)(C)C2)c1OC(F)F.Cl. The Labute approximate surface area is 142 Å². The molecule has 1 heterocycles. The standard InChI is InChI=1S/C16H24F2N2O2.ClH/c1-16(2)10-20(8-7-13(16)19)9-11-5-4-6-12(21-3)14(11)22-15(17)18;/h4-6,13,15H,7-10,19H2,1-3H3;1H. The van der Waals surface area contributed by atoms with Crippen molar-refractivity contribution in [1.29, 1.82) is 0 Å². The number of nitrogens with zero attached hydrogens (tertiary/aromatic N) is 1. The first-order chi connectivity index (χ1) is 10.3. The molecule has 7 heteroatoms. The minimum Gasteiger partial charge on any atom is -0.493 e. The molecule has 1 unspecified atom stereocenters. The lowest BCUT2D eigenvalue weighted by molar-refractivity contribution is -0.0523. The fourth-order valence-corrected chi connectivity index (χ4v) is 2.93. The molecule has 0 amide bonds. The van der Waals surface area contributed by atoms with Gasteiger partial charge in [-0.1, -0.05) is 26.0 Å². The number of piperidine rings is 1. The third-order valence-electron chi connectivity index (χ3n) is 4.27. The van der Waals surface area contributed by atoms with Crippen LogP contribution in [-0.2, 0) is 6.54 Å². The minimum atomic E-state index is -2.87. The van der Waals surface area contributed by atoms with Gasteiger partial charge in [-0.2, -0.15) is 8.78 Å². The highest BCUT2D eigenvalue weighted by Gasteiger charge is 2.33. The Balaban J connectivity index is 0.00000264. The van der Waals surface area contributed by atoms with Gasteiger partial charge in [0.15, 0.2) is 11.5 Å². The second-order valence-electron chi connectivity index (χ2n) is 6.42. The van der Waals surface area contributed by atoms with Crippen LogP contribution >= 0.6 is 12.4 Å². The quantitative estimate of drug-likeness (QED) is 0.885. The molecule has 1 aliphatic heterocycles. The van der Waals surface area contributed by atoms with Gasteiger partial charge in [0.05, 0.1) is 7.11 Å². The lowest BCUT2D eigenvalue weighted by Crippen LogP contribution is -2.52. The van der Waals surface area contributed by atoms with E-state index >= 15 is 0 Å². The predicted molar refractivity (Wildman–Crippen MR) is 88.5 cm³/mol. The summed E-state index contributed by atoms with van der Waals surface area (Å²) in [6.07, 6.45) is 0.891. The van der Waals surface area contributed by atoms with Crippen molar-refractivity contribution in [2.24, 2.45) is 11.1 Å². The van der Waals surface area contributed by atoms with Crippen molar-refractivity contribution in [3.8, 4) is 11.5 Å². The van der Waals surface area contributed by atoms with Gasteiger partial charge in [0.1, 0.15) is 0 Å². The van der Waals surface area contributed by atoms with Crippen LogP contribution in [-0.4, -0.2) is 37.8 Å². The zero-order chi connectivity index (χ0) is 16.3. The molecule has 1 aromatic rings. The highest BCUT2D eigenvalue weighted by molar-refractivity contribution is 5.85. The van der Waals surface area contributed by atoms with E-state index < -0.39 is 6.61 Å². The van der Waals surface area contributed by atoms with Crippen molar-refractivity contribution in [1.82, 2.24) is 4.90 Å². The van der Waals surface area contributed by atoms with Gasteiger partial charge < -0.3 is 15.2 Å². The van der Waals surface area contributed by atoms with Gasteiger partial charge in [-0.05, 0) is 17.9 Å². The first-order valence-electron chi connectivity index (χ1n) is 7.42. The van der Waals surface area contributed by atoms with Gasteiger partial charge >= 0.3 is 6.61 Å². The average Bonchev–Trinajstić information content (AvgIpc) is 2.44. The summed E-state index contributed by atoms with van der Waals surface area (Å²) >= 11 is 0. The normalized spacial score (nSPS) is 20.9. The molecule has 2 N–H and O–H groups in total. The second kappa shape index (κ2) is 8.13. The summed E-state index contributed by atoms with van der Waals surface area (Å²) in [5.74, 6) is 0.443. The van der Waals surface area contributed by atoms with Crippen LogP contribution in [0.3, 0.4) is 0 Å². The van der Waals surface area contributed by atoms with E-state index in [2.05, 4.69) is 23.5 Å². The molecule has 1 aliphatic rings. The predicted octanol–water partition coefficient (Wildman–Crippen LogP) is 3.28. The summed E-state index contributed by atoms with van der Waals surface area (Å²) in [6, 6.07) is 5.36. The Morgan fingerprint density at radius 2 is 2.09 bits per heavy atom. The molecule has 0 aromatic heterocycles. The lowest BCUT2D eigenvalue weighted by atomic mass is 9.79. The molecule has 132 valence electrons. The van der Waals surface area contributed by atoms with E-state index in [0.29, 0.717) is 17.9 Å². The summed E-state index contributed by atoms with van der Waals surface area (Å²) in [7, 11) is 1.44. The molecule has 1 saturated heterocycles. The highest BCUT2D eigenvalue weighted by atomic mass is 35.5. The number of hydrogen-bond acceptors (Lipinski definition) is 4. The molecule has 0 saturated carbocycles. The number of hydrogen-bond donors (Lipinski definition) is 1. The Hall–Kier alpha value is -1.11. The topological polar surface area (TPSA) is 47.7 Å². The number of benzene rings is 1. The number of para-hydroxylation sites is 1. The molecule has 1 atom stereocenters. The van der Waals surface area contributed by atoms with Gasteiger partial charge in [-0.3, -0.25) is 4.90 Å². The van der Waals surface area contributed by atoms with Crippen molar-refractivity contribution >= 4 is 12.4 Å². The average molecular weight is 351 g/mol. The Kier molecular flexibility index (Phi) is 7.04. The molecule has 4 nitrogen and oxygen atoms in total. The summed E-state index contributed by atoms with van der Waals surface area (Å²) < 4.78 is 35.1. The maximum Gasteiger partial charge on any atom is 0.387 e. The van der Waals surface area contributed by atoms with E-state index in [1.54, 1.807) is 18.2 Å². The zero-order valence-electron chi connectivity index (χ0n) is 13.7. The van der Waals surface area contributed by atoms with Crippen LogP contribution in [0.4, 0.5) is 8.78 Å². The Morgan fingerprint density at radius 3 is 2.65 bits per heavy atom. The van der Waals surface area contributed by atoms with Crippen LogP contribution in [0.5, 0.6) is 11.5 Å². The monoisotopic (exact) mass is 350 g/mol. The van der Waals surface area contributed by atoms with Gasteiger partial charge in [-0.15, -0.1) is 12.4 Å². The van der Waals surface area contributed by atoms with E-state index in [0.717, 1.165) is 19.5 Å². The van der Waals surface area contributed by atoms with Crippen LogP contribution in [0.2, 0.25) is 0 Å². The number of likely N-dealkylation sites (tertiary alicyclic amines) is 1. The smallest absolute Gasteiger partial charge is 0.387 e. The third-order valence-corrected chi connectivity index (χ3v) is 4.27. The van der Waals surface area contributed by atoms with E-state index in [1.165, 1.54) is 7.11 Å². The highest BCUT2D eigenvalue weighted by Crippen LogP contribution is 2.35. The number of methoxy groups -OCH3 is 1. The summed E-state index contributed by atoms with van der Waals surface area (Å²) in [5.41, 5.74) is 6.84. The Bertz CT molecular complexity index is 515. The van der Waals surface area contributed by atoms with E-state index in [9.17, 15) is 8.78 Å². The molecule has 1 aromatic carbocycles. The molecule has 23 heavy (non-hydrogen) atoms. The van der Waals surface area contributed by atoms with Gasteiger partial charge in [-0.25, -0.2) is 0 Å². The molecular weight excluding hydrogens is 326 g/mol. The second-order valence-corrected chi connectivity index (χ2v) is 6.42. The molecule has 0 aliphatic carbocycles. The summed E-state index contributed by atoms with van der Waals surface area (Å²) in [4.78, 5) is 2.22. The molecule has 0 radical (unpaired) electrons.